The van der Waals surface area contributed by atoms with Crippen LogP contribution in [0.4, 0.5) is 0 Å². The van der Waals surface area contributed by atoms with E-state index >= 15 is 0 Å². The van der Waals surface area contributed by atoms with Gasteiger partial charge in [-0.15, -0.1) is 0 Å². The number of hydrogen-bond acceptors (Lipinski definition) is 3. The van der Waals surface area contributed by atoms with Crippen LogP contribution < -0.4 is 5.73 Å². The van der Waals surface area contributed by atoms with Crippen LogP contribution >= 0.6 is 0 Å². The van der Waals surface area contributed by atoms with Crippen LogP contribution in [-0.2, 0) is 11.3 Å². The van der Waals surface area contributed by atoms with E-state index in [1.165, 1.54) is 12.0 Å². The lowest BCUT2D eigenvalue weighted by Crippen LogP contribution is -2.37. The molecule has 1 unspecified atom stereocenters. The van der Waals surface area contributed by atoms with Crippen molar-refractivity contribution >= 4 is 5.91 Å². The molecule has 21 heavy (non-hydrogen) atoms. The van der Waals surface area contributed by atoms with Gasteiger partial charge in [-0.25, -0.2) is 0 Å². The second-order valence-corrected chi connectivity index (χ2v) is 5.85. The molecule has 1 fully saturated rings. The molecule has 1 atom stereocenters. The Morgan fingerprint density at radius 2 is 2.14 bits per heavy atom. The smallest absolute Gasteiger partial charge is 0.223 e. The molecule has 0 saturated carbocycles. The van der Waals surface area contributed by atoms with E-state index in [1.54, 1.807) is 0 Å². The number of amides is 1. The Kier molecular flexibility index (Phi) is 6.21. The minimum Gasteiger partial charge on any atom is -0.343 e. The third-order valence-corrected chi connectivity index (χ3v) is 4.19. The fraction of sp³-hybridized carbons (Fsp3) is 0.588. The number of nitrogens with two attached hydrogens (primary N) is 1. The number of nitrogens with zero attached hydrogens (tertiary/aromatic N) is 2. The second-order valence-electron chi connectivity index (χ2n) is 5.85. The average Bonchev–Trinajstić information content (AvgIpc) is 2.93. The summed E-state index contributed by atoms with van der Waals surface area (Å²) >= 11 is 0. The van der Waals surface area contributed by atoms with Gasteiger partial charge in [-0.2, -0.15) is 0 Å². The van der Waals surface area contributed by atoms with Gasteiger partial charge in [-0.1, -0.05) is 30.3 Å². The van der Waals surface area contributed by atoms with Crippen molar-refractivity contribution in [3.05, 3.63) is 35.9 Å². The van der Waals surface area contributed by atoms with E-state index in [0.717, 1.165) is 32.7 Å². The van der Waals surface area contributed by atoms with E-state index < -0.39 is 0 Å². The molecule has 0 aliphatic carbocycles. The molecule has 0 aromatic heterocycles. The highest BCUT2D eigenvalue weighted by Crippen LogP contribution is 2.20. The van der Waals surface area contributed by atoms with Crippen LogP contribution in [0, 0.1) is 5.92 Å². The molecule has 2 rings (SSSR count). The summed E-state index contributed by atoms with van der Waals surface area (Å²) < 4.78 is 0. The highest BCUT2D eigenvalue weighted by molar-refractivity contribution is 5.76. The summed E-state index contributed by atoms with van der Waals surface area (Å²) in [7, 11) is 0. The zero-order valence-corrected chi connectivity index (χ0v) is 13.0. The van der Waals surface area contributed by atoms with Crippen molar-refractivity contribution in [3.8, 4) is 0 Å². The maximum atomic E-state index is 12.0. The third-order valence-electron chi connectivity index (χ3n) is 4.19. The molecule has 1 aromatic rings. The Labute approximate surface area is 127 Å². The zero-order chi connectivity index (χ0) is 15.1. The normalized spacial score (nSPS) is 18.9. The zero-order valence-electron chi connectivity index (χ0n) is 13.0. The molecule has 1 aliphatic rings. The first kappa shape index (κ1) is 16.0. The van der Waals surface area contributed by atoms with Gasteiger partial charge in [0.2, 0.25) is 5.91 Å². The molecule has 0 bridgehead atoms. The van der Waals surface area contributed by atoms with E-state index in [9.17, 15) is 4.79 Å². The first-order valence-corrected chi connectivity index (χ1v) is 7.97. The van der Waals surface area contributed by atoms with E-state index in [1.807, 2.05) is 11.8 Å². The van der Waals surface area contributed by atoms with Crippen LogP contribution in [0.15, 0.2) is 30.3 Å². The van der Waals surface area contributed by atoms with Crippen molar-refractivity contribution in [3.63, 3.8) is 0 Å². The maximum Gasteiger partial charge on any atom is 0.223 e. The predicted molar refractivity (Wildman–Crippen MR) is 85.8 cm³/mol. The van der Waals surface area contributed by atoms with Gasteiger partial charge in [0.25, 0.3) is 0 Å². The lowest BCUT2D eigenvalue weighted by Gasteiger charge is -2.24. The van der Waals surface area contributed by atoms with Crippen LogP contribution in [0.2, 0.25) is 0 Å². The largest absolute Gasteiger partial charge is 0.343 e. The SMILES string of the molecule is CCN(CC1CCN(Cc2ccccc2)C1)C(=O)CCN. The van der Waals surface area contributed by atoms with E-state index in [-0.39, 0.29) is 5.91 Å². The molecular formula is C17H27N3O. The Morgan fingerprint density at radius 1 is 1.38 bits per heavy atom. The average molecular weight is 289 g/mol. The predicted octanol–water partition coefficient (Wildman–Crippen LogP) is 1.71. The summed E-state index contributed by atoms with van der Waals surface area (Å²) in [5.41, 5.74) is 6.85. The van der Waals surface area contributed by atoms with Gasteiger partial charge in [-0.05, 0) is 31.4 Å². The fourth-order valence-corrected chi connectivity index (χ4v) is 3.05. The summed E-state index contributed by atoms with van der Waals surface area (Å²) in [6.07, 6.45) is 1.65. The fourth-order valence-electron chi connectivity index (χ4n) is 3.05. The molecule has 1 heterocycles. The number of hydrogen-bond donors (Lipinski definition) is 1. The summed E-state index contributed by atoms with van der Waals surface area (Å²) in [6, 6.07) is 10.6. The topological polar surface area (TPSA) is 49.6 Å². The molecule has 4 heteroatoms. The molecular weight excluding hydrogens is 262 g/mol. The van der Waals surface area contributed by atoms with Crippen molar-refractivity contribution < 1.29 is 4.79 Å². The lowest BCUT2D eigenvalue weighted by atomic mass is 10.1. The van der Waals surface area contributed by atoms with Gasteiger partial charge in [0.05, 0.1) is 0 Å². The molecule has 0 radical (unpaired) electrons. The second kappa shape index (κ2) is 8.15. The van der Waals surface area contributed by atoms with Crippen molar-refractivity contribution in [1.29, 1.82) is 0 Å². The number of carbonyl (C=O) groups is 1. The molecule has 1 amide bonds. The van der Waals surface area contributed by atoms with Crippen molar-refractivity contribution in [1.82, 2.24) is 9.80 Å². The number of carbonyl (C=O) groups excluding carboxylic acids is 1. The van der Waals surface area contributed by atoms with Crippen molar-refractivity contribution in [2.45, 2.75) is 26.3 Å². The van der Waals surface area contributed by atoms with Gasteiger partial charge in [-0.3, -0.25) is 9.69 Å². The summed E-state index contributed by atoms with van der Waals surface area (Å²) in [5.74, 6) is 0.789. The Balaban J connectivity index is 1.80. The van der Waals surface area contributed by atoms with Crippen LogP contribution in [0.3, 0.4) is 0 Å². The lowest BCUT2D eigenvalue weighted by molar-refractivity contribution is -0.131. The molecule has 116 valence electrons. The molecule has 0 spiro atoms. The van der Waals surface area contributed by atoms with Gasteiger partial charge >= 0.3 is 0 Å². The standard InChI is InChI=1S/C17H27N3O/c1-2-20(17(21)8-10-18)14-16-9-11-19(13-16)12-15-6-4-3-5-7-15/h3-7,16H,2,8-14,18H2,1H3. The quantitative estimate of drug-likeness (QED) is 0.831. The van der Waals surface area contributed by atoms with Crippen molar-refractivity contribution in [2.75, 3.05) is 32.7 Å². The Bertz CT molecular complexity index is 435. The van der Waals surface area contributed by atoms with E-state index in [2.05, 4.69) is 35.2 Å². The third kappa shape index (κ3) is 4.83. The maximum absolute atomic E-state index is 12.0. The molecule has 2 N–H and O–H groups in total. The number of rotatable bonds is 7. The Hall–Kier alpha value is -1.39. The summed E-state index contributed by atoms with van der Waals surface area (Å²) in [4.78, 5) is 16.4. The van der Waals surface area contributed by atoms with Crippen molar-refractivity contribution in [2.24, 2.45) is 11.7 Å². The summed E-state index contributed by atoms with van der Waals surface area (Å²) in [6.45, 7) is 7.38. The minimum atomic E-state index is 0.196. The molecule has 1 aliphatic heterocycles. The van der Waals surface area contributed by atoms with Gasteiger partial charge in [0, 0.05) is 39.1 Å². The van der Waals surface area contributed by atoms with Crippen LogP contribution in [0.1, 0.15) is 25.3 Å². The first-order valence-electron chi connectivity index (χ1n) is 7.97. The number of likely N-dealkylation sites (tertiary alicyclic amines) is 1. The molecule has 1 aromatic carbocycles. The highest BCUT2D eigenvalue weighted by atomic mass is 16.2. The minimum absolute atomic E-state index is 0.196. The Morgan fingerprint density at radius 3 is 2.81 bits per heavy atom. The van der Waals surface area contributed by atoms with E-state index in [4.69, 9.17) is 5.73 Å². The van der Waals surface area contributed by atoms with Gasteiger partial charge in [0.15, 0.2) is 0 Å². The van der Waals surface area contributed by atoms with Gasteiger partial charge in [0.1, 0.15) is 0 Å². The first-order chi connectivity index (χ1) is 10.2. The number of benzene rings is 1. The van der Waals surface area contributed by atoms with Crippen LogP contribution in [-0.4, -0.2) is 48.4 Å². The molecule has 1 saturated heterocycles. The van der Waals surface area contributed by atoms with E-state index in [0.29, 0.717) is 18.9 Å². The van der Waals surface area contributed by atoms with Crippen LogP contribution in [0.25, 0.3) is 0 Å². The summed E-state index contributed by atoms with van der Waals surface area (Å²) in [5, 5.41) is 0. The molecule has 4 nitrogen and oxygen atoms in total. The van der Waals surface area contributed by atoms with Gasteiger partial charge < -0.3 is 10.6 Å². The highest BCUT2D eigenvalue weighted by Gasteiger charge is 2.25. The monoisotopic (exact) mass is 289 g/mol. The van der Waals surface area contributed by atoms with Crippen LogP contribution in [0.5, 0.6) is 0 Å².